The zero-order valence-corrected chi connectivity index (χ0v) is 15.1. The summed E-state index contributed by atoms with van der Waals surface area (Å²) in [6, 6.07) is 15.6. The maximum Gasteiger partial charge on any atom is 0.228 e. The van der Waals surface area contributed by atoms with Gasteiger partial charge in [-0.25, -0.2) is 4.98 Å². The number of anilines is 2. The van der Waals surface area contributed by atoms with E-state index in [1.54, 1.807) is 18.3 Å². The second kappa shape index (κ2) is 7.87. The first kappa shape index (κ1) is 17.7. The molecule has 1 atom stereocenters. The van der Waals surface area contributed by atoms with Crippen molar-refractivity contribution in [3.63, 3.8) is 0 Å². The van der Waals surface area contributed by atoms with Crippen LogP contribution in [0, 0.1) is 5.92 Å². The first-order valence-electron chi connectivity index (χ1n) is 8.74. The molecule has 1 aromatic heterocycles. The number of hydrogen-bond donors (Lipinski definition) is 2. The van der Waals surface area contributed by atoms with Gasteiger partial charge in [-0.05, 0) is 41.3 Å². The van der Waals surface area contributed by atoms with Crippen LogP contribution in [0.2, 0.25) is 0 Å². The van der Waals surface area contributed by atoms with Gasteiger partial charge >= 0.3 is 0 Å². The van der Waals surface area contributed by atoms with Gasteiger partial charge in [-0.2, -0.15) is 0 Å². The minimum Gasteiger partial charge on any atom is -0.399 e. The van der Waals surface area contributed by atoms with Gasteiger partial charge in [0.25, 0.3) is 0 Å². The fraction of sp³-hybridized carbons (Fsp3) is 0.238. The molecular weight excluding hydrogens is 324 g/mol. The number of nitrogens with zero attached hydrogens (tertiary/aromatic N) is 2. The van der Waals surface area contributed by atoms with E-state index in [0.29, 0.717) is 18.0 Å². The highest BCUT2D eigenvalue weighted by molar-refractivity contribution is 5.92. The molecule has 26 heavy (non-hydrogen) atoms. The molecule has 2 aromatic carbocycles. The van der Waals surface area contributed by atoms with Crippen LogP contribution in [0.4, 0.5) is 11.4 Å². The maximum atomic E-state index is 12.2. The van der Waals surface area contributed by atoms with Crippen molar-refractivity contribution >= 4 is 17.3 Å². The van der Waals surface area contributed by atoms with Gasteiger partial charge in [-0.15, -0.1) is 0 Å². The largest absolute Gasteiger partial charge is 0.399 e. The van der Waals surface area contributed by atoms with Gasteiger partial charge in [-0.1, -0.05) is 38.1 Å². The van der Waals surface area contributed by atoms with E-state index in [1.807, 2.05) is 36.8 Å². The van der Waals surface area contributed by atoms with Crippen LogP contribution in [-0.2, 0) is 11.2 Å². The van der Waals surface area contributed by atoms with E-state index in [-0.39, 0.29) is 11.9 Å². The van der Waals surface area contributed by atoms with E-state index >= 15 is 0 Å². The Balaban J connectivity index is 1.67. The molecule has 134 valence electrons. The SMILES string of the molecule is CC(C)C(c1ccc(NC(=O)Cc2ccc(N)cc2)cc1)n1ccnc1. The molecule has 0 bridgehead atoms. The first-order valence-corrected chi connectivity index (χ1v) is 8.74. The third kappa shape index (κ3) is 4.30. The Morgan fingerprint density at radius 1 is 1.12 bits per heavy atom. The highest BCUT2D eigenvalue weighted by Crippen LogP contribution is 2.27. The molecule has 3 N–H and O–H groups in total. The summed E-state index contributed by atoms with van der Waals surface area (Å²) in [4.78, 5) is 16.4. The average Bonchev–Trinajstić information content (AvgIpc) is 3.12. The van der Waals surface area contributed by atoms with Gasteiger partial charge in [0.05, 0.1) is 18.8 Å². The van der Waals surface area contributed by atoms with Gasteiger partial charge in [0.15, 0.2) is 0 Å². The molecular formula is C21H24N4O. The Morgan fingerprint density at radius 3 is 2.38 bits per heavy atom. The van der Waals surface area contributed by atoms with Gasteiger partial charge in [-0.3, -0.25) is 4.79 Å². The van der Waals surface area contributed by atoms with Crippen molar-refractivity contribution in [3.8, 4) is 0 Å². The molecule has 0 saturated heterocycles. The van der Waals surface area contributed by atoms with Crippen LogP contribution in [0.15, 0.2) is 67.3 Å². The monoisotopic (exact) mass is 348 g/mol. The lowest BCUT2D eigenvalue weighted by Gasteiger charge is -2.23. The van der Waals surface area contributed by atoms with Gasteiger partial charge in [0.2, 0.25) is 5.91 Å². The summed E-state index contributed by atoms with van der Waals surface area (Å²) in [5.41, 5.74) is 9.29. The number of nitrogens with one attached hydrogen (secondary N) is 1. The minimum absolute atomic E-state index is 0.0439. The van der Waals surface area contributed by atoms with Crippen molar-refractivity contribution in [3.05, 3.63) is 78.4 Å². The Morgan fingerprint density at radius 2 is 1.81 bits per heavy atom. The van der Waals surface area contributed by atoms with E-state index in [2.05, 4.69) is 40.8 Å². The number of rotatable bonds is 6. The fourth-order valence-corrected chi connectivity index (χ4v) is 3.12. The summed E-state index contributed by atoms with van der Waals surface area (Å²) >= 11 is 0. The van der Waals surface area contributed by atoms with E-state index in [0.717, 1.165) is 11.3 Å². The lowest BCUT2D eigenvalue weighted by atomic mass is 9.95. The smallest absolute Gasteiger partial charge is 0.228 e. The lowest BCUT2D eigenvalue weighted by Crippen LogP contribution is -2.16. The van der Waals surface area contributed by atoms with E-state index in [4.69, 9.17) is 5.73 Å². The van der Waals surface area contributed by atoms with Crippen molar-refractivity contribution in [2.75, 3.05) is 11.1 Å². The number of imidazole rings is 1. The summed E-state index contributed by atoms with van der Waals surface area (Å²) in [6.07, 6.45) is 5.94. The molecule has 0 fully saturated rings. The number of carbonyl (C=O) groups is 1. The predicted octanol–water partition coefficient (Wildman–Crippen LogP) is 3.89. The minimum atomic E-state index is -0.0439. The van der Waals surface area contributed by atoms with E-state index < -0.39 is 0 Å². The summed E-state index contributed by atoms with van der Waals surface area (Å²) in [7, 11) is 0. The molecule has 0 radical (unpaired) electrons. The Hall–Kier alpha value is -3.08. The Labute approximate surface area is 153 Å². The van der Waals surface area contributed by atoms with Crippen LogP contribution in [0.5, 0.6) is 0 Å². The van der Waals surface area contributed by atoms with Crippen LogP contribution in [-0.4, -0.2) is 15.5 Å². The molecule has 1 unspecified atom stereocenters. The zero-order chi connectivity index (χ0) is 18.5. The van der Waals surface area contributed by atoms with Crippen LogP contribution in [0.1, 0.15) is 31.0 Å². The number of hydrogen-bond acceptors (Lipinski definition) is 3. The third-order valence-corrected chi connectivity index (χ3v) is 4.36. The standard InChI is InChI=1S/C21H24N4O/c1-15(2)21(25-12-11-23-14-25)17-5-9-19(10-6-17)24-20(26)13-16-3-7-18(22)8-4-16/h3-12,14-15,21H,13,22H2,1-2H3,(H,24,26). The average molecular weight is 348 g/mol. The van der Waals surface area contributed by atoms with Crippen LogP contribution in [0.3, 0.4) is 0 Å². The van der Waals surface area contributed by atoms with Gasteiger partial charge in [0, 0.05) is 23.8 Å². The van der Waals surface area contributed by atoms with E-state index in [9.17, 15) is 4.79 Å². The molecule has 0 saturated carbocycles. The topological polar surface area (TPSA) is 72.9 Å². The molecule has 3 rings (SSSR count). The molecule has 3 aromatic rings. The molecule has 1 amide bonds. The van der Waals surface area contributed by atoms with Crippen molar-refractivity contribution in [2.45, 2.75) is 26.3 Å². The van der Waals surface area contributed by atoms with Crippen LogP contribution < -0.4 is 11.1 Å². The van der Waals surface area contributed by atoms with Crippen LogP contribution in [0.25, 0.3) is 0 Å². The number of amides is 1. The molecule has 0 aliphatic heterocycles. The summed E-state index contributed by atoms with van der Waals surface area (Å²) in [6.45, 7) is 4.37. The summed E-state index contributed by atoms with van der Waals surface area (Å²) in [5.74, 6) is 0.382. The number of aromatic nitrogens is 2. The Bertz CT molecular complexity index is 837. The second-order valence-corrected chi connectivity index (χ2v) is 6.79. The van der Waals surface area contributed by atoms with Crippen molar-refractivity contribution < 1.29 is 4.79 Å². The highest BCUT2D eigenvalue weighted by Gasteiger charge is 2.17. The molecule has 0 spiro atoms. The predicted molar refractivity (Wildman–Crippen MR) is 105 cm³/mol. The van der Waals surface area contributed by atoms with Gasteiger partial charge in [0.1, 0.15) is 0 Å². The molecule has 0 aliphatic rings. The number of benzene rings is 2. The van der Waals surface area contributed by atoms with Gasteiger partial charge < -0.3 is 15.6 Å². The Kier molecular flexibility index (Phi) is 5.37. The number of nitrogen functional groups attached to an aromatic ring is 1. The summed E-state index contributed by atoms with van der Waals surface area (Å²) in [5, 5.41) is 2.95. The number of carbonyl (C=O) groups excluding carboxylic acids is 1. The second-order valence-electron chi connectivity index (χ2n) is 6.79. The van der Waals surface area contributed by atoms with Crippen molar-refractivity contribution in [1.82, 2.24) is 9.55 Å². The molecule has 0 aliphatic carbocycles. The third-order valence-electron chi connectivity index (χ3n) is 4.36. The van der Waals surface area contributed by atoms with Crippen LogP contribution >= 0.6 is 0 Å². The maximum absolute atomic E-state index is 12.2. The molecule has 5 nitrogen and oxygen atoms in total. The van der Waals surface area contributed by atoms with E-state index in [1.165, 1.54) is 5.56 Å². The molecule has 1 heterocycles. The van der Waals surface area contributed by atoms with Crippen molar-refractivity contribution in [2.24, 2.45) is 5.92 Å². The van der Waals surface area contributed by atoms with Crippen molar-refractivity contribution in [1.29, 1.82) is 0 Å². The highest BCUT2D eigenvalue weighted by atomic mass is 16.1. The fourth-order valence-electron chi connectivity index (χ4n) is 3.12. The number of nitrogens with two attached hydrogens (primary N) is 1. The zero-order valence-electron chi connectivity index (χ0n) is 15.1. The summed E-state index contributed by atoms with van der Waals surface area (Å²) < 4.78 is 2.11. The lowest BCUT2D eigenvalue weighted by molar-refractivity contribution is -0.115. The molecule has 5 heteroatoms. The first-order chi connectivity index (χ1) is 12.5. The normalized spacial score (nSPS) is 12.1. The quantitative estimate of drug-likeness (QED) is 0.664.